The van der Waals surface area contributed by atoms with Crippen molar-refractivity contribution in [2.45, 2.75) is 44.0 Å². The largest absolute Gasteiger partial charge is 0.469 e. The van der Waals surface area contributed by atoms with Crippen molar-refractivity contribution >= 4 is 17.7 Å². The van der Waals surface area contributed by atoms with E-state index in [4.69, 9.17) is 4.42 Å². The van der Waals surface area contributed by atoms with Crippen LogP contribution in [0, 0.1) is 0 Å². The summed E-state index contributed by atoms with van der Waals surface area (Å²) in [6.45, 7) is 6.34. The molecule has 3 nitrogen and oxygen atoms in total. The van der Waals surface area contributed by atoms with E-state index in [2.05, 4.69) is 43.4 Å². The zero-order valence-electron chi connectivity index (χ0n) is 13.3. The summed E-state index contributed by atoms with van der Waals surface area (Å²) in [6, 6.07) is 12.3. The third-order valence-corrected chi connectivity index (χ3v) is 4.42. The maximum absolute atomic E-state index is 12.0. The average Bonchev–Trinajstić information content (AvgIpc) is 2.98. The van der Waals surface area contributed by atoms with Crippen molar-refractivity contribution in [3.63, 3.8) is 0 Å². The molecule has 0 radical (unpaired) electrons. The molecule has 0 fully saturated rings. The lowest BCUT2D eigenvalue weighted by molar-refractivity contribution is -0.119. The van der Waals surface area contributed by atoms with Gasteiger partial charge in [0.25, 0.3) is 0 Å². The highest BCUT2D eigenvalue weighted by molar-refractivity contribution is 8.00. The molecule has 22 heavy (non-hydrogen) atoms. The van der Waals surface area contributed by atoms with Crippen molar-refractivity contribution < 1.29 is 9.21 Å². The van der Waals surface area contributed by atoms with Crippen LogP contribution in [0.3, 0.4) is 0 Å². The first-order valence-electron chi connectivity index (χ1n) is 7.59. The molecule has 1 amide bonds. The molecule has 0 aliphatic carbocycles. The molecule has 1 aromatic carbocycles. The SMILES string of the molecule is CC(C)c1ccc(SCC(=O)N[C@@H](C)Cc2ccco2)cc1. The van der Waals surface area contributed by atoms with E-state index in [-0.39, 0.29) is 11.9 Å². The summed E-state index contributed by atoms with van der Waals surface area (Å²) in [4.78, 5) is 13.1. The Labute approximate surface area is 136 Å². The van der Waals surface area contributed by atoms with Crippen molar-refractivity contribution in [2.24, 2.45) is 0 Å². The molecule has 0 saturated carbocycles. The second kappa shape index (κ2) is 8.08. The molecule has 0 bridgehead atoms. The first kappa shape index (κ1) is 16.7. The van der Waals surface area contributed by atoms with E-state index >= 15 is 0 Å². The molecule has 0 aliphatic heterocycles. The minimum atomic E-state index is 0.0528. The highest BCUT2D eigenvalue weighted by atomic mass is 32.2. The molecule has 0 spiro atoms. The summed E-state index contributed by atoms with van der Waals surface area (Å²) in [5.41, 5.74) is 1.32. The van der Waals surface area contributed by atoms with Crippen molar-refractivity contribution in [1.82, 2.24) is 5.32 Å². The van der Waals surface area contributed by atoms with E-state index in [1.165, 1.54) is 5.56 Å². The van der Waals surface area contributed by atoms with Gasteiger partial charge in [0.15, 0.2) is 0 Å². The van der Waals surface area contributed by atoms with Gasteiger partial charge in [-0.25, -0.2) is 0 Å². The normalized spacial score (nSPS) is 12.4. The first-order chi connectivity index (χ1) is 10.5. The van der Waals surface area contributed by atoms with Gasteiger partial charge in [-0.05, 0) is 42.7 Å². The van der Waals surface area contributed by atoms with Gasteiger partial charge in [-0.3, -0.25) is 4.79 Å². The zero-order valence-corrected chi connectivity index (χ0v) is 14.2. The highest BCUT2D eigenvalue weighted by Gasteiger charge is 2.10. The van der Waals surface area contributed by atoms with Crippen molar-refractivity contribution in [1.29, 1.82) is 0 Å². The topological polar surface area (TPSA) is 42.2 Å². The molecule has 2 aromatic rings. The Balaban J connectivity index is 1.75. The van der Waals surface area contributed by atoms with E-state index in [0.717, 1.165) is 10.7 Å². The Hall–Kier alpha value is -1.68. The van der Waals surface area contributed by atoms with E-state index in [0.29, 0.717) is 18.1 Å². The summed E-state index contributed by atoms with van der Waals surface area (Å²) < 4.78 is 5.29. The van der Waals surface area contributed by atoms with Gasteiger partial charge in [0.2, 0.25) is 5.91 Å². The van der Waals surface area contributed by atoms with Gasteiger partial charge >= 0.3 is 0 Å². The number of carbonyl (C=O) groups is 1. The predicted octanol–water partition coefficient (Wildman–Crippen LogP) is 4.24. The van der Waals surface area contributed by atoms with Crippen LogP contribution in [0.25, 0.3) is 0 Å². The van der Waals surface area contributed by atoms with Gasteiger partial charge in [-0.2, -0.15) is 0 Å². The fourth-order valence-corrected chi connectivity index (χ4v) is 2.91. The molecular weight excluding hydrogens is 294 g/mol. The molecule has 0 saturated heterocycles. The van der Waals surface area contributed by atoms with Crippen LogP contribution < -0.4 is 5.32 Å². The Morgan fingerprint density at radius 1 is 1.18 bits per heavy atom. The number of benzene rings is 1. The number of nitrogens with one attached hydrogen (secondary N) is 1. The maximum atomic E-state index is 12.0. The quantitative estimate of drug-likeness (QED) is 0.777. The molecule has 1 atom stereocenters. The van der Waals surface area contributed by atoms with Gasteiger partial charge in [0, 0.05) is 17.4 Å². The van der Waals surface area contributed by atoms with Crippen LogP contribution in [0.1, 0.15) is 38.0 Å². The van der Waals surface area contributed by atoms with Crippen LogP contribution in [0.5, 0.6) is 0 Å². The van der Waals surface area contributed by atoms with Crippen LogP contribution in [-0.4, -0.2) is 17.7 Å². The second-order valence-corrected chi connectivity index (χ2v) is 6.81. The highest BCUT2D eigenvalue weighted by Crippen LogP contribution is 2.21. The number of hydrogen-bond donors (Lipinski definition) is 1. The van der Waals surface area contributed by atoms with Crippen LogP contribution >= 0.6 is 11.8 Å². The number of rotatable bonds is 7. The second-order valence-electron chi connectivity index (χ2n) is 5.76. The number of amides is 1. The van der Waals surface area contributed by atoms with Gasteiger partial charge < -0.3 is 9.73 Å². The lowest BCUT2D eigenvalue weighted by Gasteiger charge is -2.12. The van der Waals surface area contributed by atoms with E-state index in [1.807, 2.05) is 19.1 Å². The molecule has 1 N–H and O–H groups in total. The zero-order chi connectivity index (χ0) is 15.9. The molecule has 1 aromatic heterocycles. The number of thioether (sulfide) groups is 1. The average molecular weight is 317 g/mol. The van der Waals surface area contributed by atoms with Crippen molar-refractivity contribution in [3.8, 4) is 0 Å². The number of furan rings is 1. The minimum absolute atomic E-state index is 0.0528. The van der Waals surface area contributed by atoms with Gasteiger partial charge in [-0.15, -0.1) is 11.8 Å². The van der Waals surface area contributed by atoms with E-state index in [1.54, 1.807) is 18.0 Å². The Bertz CT molecular complexity index is 576. The van der Waals surface area contributed by atoms with Crippen LogP contribution in [0.4, 0.5) is 0 Å². The Kier molecular flexibility index (Phi) is 6.13. The lowest BCUT2D eigenvalue weighted by Crippen LogP contribution is -2.35. The smallest absolute Gasteiger partial charge is 0.230 e. The minimum Gasteiger partial charge on any atom is -0.469 e. The third kappa shape index (κ3) is 5.26. The molecule has 118 valence electrons. The standard InChI is InChI=1S/C18H23NO2S/c1-13(2)15-6-8-17(9-7-15)22-12-18(20)19-14(3)11-16-5-4-10-21-16/h4-10,13-14H,11-12H2,1-3H3,(H,19,20)/t14-/m0/s1. The van der Waals surface area contributed by atoms with Crippen LogP contribution in [0.15, 0.2) is 52.0 Å². The fourth-order valence-electron chi connectivity index (χ4n) is 2.20. The summed E-state index contributed by atoms with van der Waals surface area (Å²) in [6.07, 6.45) is 2.37. The maximum Gasteiger partial charge on any atom is 0.230 e. The molecular formula is C18H23NO2S. The summed E-state index contributed by atoms with van der Waals surface area (Å²) in [5, 5.41) is 3.00. The van der Waals surface area contributed by atoms with E-state index < -0.39 is 0 Å². The summed E-state index contributed by atoms with van der Waals surface area (Å²) in [5.74, 6) is 1.91. The third-order valence-electron chi connectivity index (χ3n) is 3.41. The molecule has 0 aliphatic rings. The van der Waals surface area contributed by atoms with Gasteiger partial charge in [0.05, 0.1) is 12.0 Å². The van der Waals surface area contributed by atoms with Crippen LogP contribution in [0.2, 0.25) is 0 Å². The van der Waals surface area contributed by atoms with Crippen molar-refractivity contribution in [2.75, 3.05) is 5.75 Å². The number of carbonyl (C=O) groups excluding carboxylic acids is 1. The fraction of sp³-hybridized carbons (Fsp3) is 0.389. The predicted molar refractivity (Wildman–Crippen MR) is 91.3 cm³/mol. The molecule has 0 unspecified atom stereocenters. The van der Waals surface area contributed by atoms with Crippen molar-refractivity contribution in [3.05, 3.63) is 54.0 Å². The first-order valence-corrected chi connectivity index (χ1v) is 8.57. The van der Waals surface area contributed by atoms with Gasteiger partial charge in [0.1, 0.15) is 5.76 Å². The Morgan fingerprint density at radius 3 is 2.50 bits per heavy atom. The number of hydrogen-bond acceptors (Lipinski definition) is 3. The summed E-state index contributed by atoms with van der Waals surface area (Å²) in [7, 11) is 0. The van der Waals surface area contributed by atoms with Crippen LogP contribution in [-0.2, 0) is 11.2 Å². The lowest BCUT2D eigenvalue weighted by atomic mass is 10.0. The molecule has 1 heterocycles. The van der Waals surface area contributed by atoms with E-state index in [9.17, 15) is 4.79 Å². The van der Waals surface area contributed by atoms with Gasteiger partial charge in [-0.1, -0.05) is 26.0 Å². The molecule has 2 rings (SSSR count). The monoisotopic (exact) mass is 317 g/mol. The summed E-state index contributed by atoms with van der Waals surface area (Å²) >= 11 is 1.56. The Morgan fingerprint density at radius 2 is 1.91 bits per heavy atom. The molecule has 4 heteroatoms.